The van der Waals surface area contributed by atoms with E-state index in [4.69, 9.17) is 11.5 Å². The Hall–Kier alpha value is -2.24. The van der Waals surface area contributed by atoms with Crippen molar-refractivity contribution >= 4 is 35.8 Å². The van der Waals surface area contributed by atoms with Crippen LogP contribution in [0.1, 0.15) is 155 Å². The number of ether oxygens (including phenoxy) is 2. The zero-order chi connectivity index (χ0) is 33.6. The molecule has 12 nitrogen and oxygen atoms in total. The molecule has 0 radical (unpaired) electrons. The topological polar surface area (TPSA) is 219 Å². The Labute approximate surface area is 281 Å². The summed E-state index contributed by atoms with van der Waals surface area (Å²) < 4.78 is 8.98. The van der Waals surface area contributed by atoms with Crippen molar-refractivity contribution in [2.45, 2.75) is 167 Å². The maximum absolute atomic E-state index is 11.4. The van der Waals surface area contributed by atoms with Crippen LogP contribution in [0.15, 0.2) is 0 Å². The van der Waals surface area contributed by atoms with E-state index >= 15 is 0 Å². The predicted molar refractivity (Wildman–Crippen MR) is 161 cm³/mol. The number of rotatable bonds is 26. The first-order valence-corrected chi connectivity index (χ1v) is 16.3. The summed E-state index contributed by atoms with van der Waals surface area (Å²) in [6, 6.07) is -2.70. The molecule has 0 spiro atoms. The van der Waals surface area contributed by atoms with Gasteiger partial charge in [-0.1, -0.05) is 117 Å². The molecule has 0 bridgehead atoms. The third-order valence-corrected chi connectivity index (χ3v) is 6.78. The number of aliphatic carboxylic acids is 2. The van der Waals surface area contributed by atoms with Crippen molar-refractivity contribution in [1.29, 1.82) is 0 Å². The molecule has 0 saturated heterocycles. The van der Waals surface area contributed by atoms with Crippen LogP contribution < -0.4 is 21.7 Å². The van der Waals surface area contributed by atoms with Gasteiger partial charge in [0.2, 0.25) is 0 Å². The molecule has 0 aromatic rings. The molecule has 0 aromatic heterocycles. The maximum Gasteiger partial charge on any atom is 2.00 e. The number of nitrogens with two attached hydrogens (primary N) is 2. The molecule has 256 valence electrons. The Kier molecular flexibility index (Phi) is 34.7. The van der Waals surface area contributed by atoms with Crippen molar-refractivity contribution < 1.29 is 67.9 Å². The Morgan fingerprint density at radius 3 is 0.978 bits per heavy atom. The largest absolute Gasteiger partial charge is 2.00 e. The number of carboxylic acids is 2. The van der Waals surface area contributed by atoms with Gasteiger partial charge in [-0.15, -0.1) is 0 Å². The average molecular weight is 694 g/mol. The Morgan fingerprint density at radius 1 is 0.489 bits per heavy atom. The van der Waals surface area contributed by atoms with Crippen LogP contribution in [0.5, 0.6) is 0 Å². The molecule has 0 aliphatic rings. The molecule has 0 heterocycles. The van der Waals surface area contributed by atoms with E-state index in [1.54, 1.807) is 0 Å². The SMILES string of the molecule is CCCCCCCCCCCC(=O)OC(=O)[C@@H](N)CC(=O)[O-].CCCCCCCCCCCC(=O)OC(=O)[C@@H](N)CC(=O)[O-].[Zn+2]. The van der Waals surface area contributed by atoms with Crippen LogP contribution in [-0.4, -0.2) is 47.9 Å². The first-order valence-electron chi connectivity index (χ1n) is 16.3. The minimum atomic E-state index is -1.45. The van der Waals surface area contributed by atoms with Gasteiger partial charge in [-0.3, -0.25) is 9.59 Å². The van der Waals surface area contributed by atoms with Crippen molar-refractivity contribution in [3.63, 3.8) is 0 Å². The van der Waals surface area contributed by atoms with Crippen molar-refractivity contribution in [1.82, 2.24) is 0 Å². The second-order valence-corrected chi connectivity index (χ2v) is 11.1. The van der Waals surface area contributed by atoms with E-state index < -0.39 is 60.7 Å². The van der Waals surface area contributed by atoms with Gasteiger partial charge in [0, 0.05) is 37.6 Å². The molecular weight excluding hydrogens is 638 g/mol. The van der Waals surface area contributed by atoms with E-state index in [2.05, 4.69) is 23.3 Å². The molecule has 4 N–H and O–H groups in total. The van der Waals surface area contributed by atoms with Crippen LogP contribution in [0.2, 0.25) is 0 Å². The van der Waals surface area contributed by atoms with Gasteiger partial charge in [0.15, 0.2) is 0 Å². The molecule has 0 rings (SSSR count). The number of carbonyl (C=O) groups excluding carboxylic acids is 6. The zero-order valence-electron chi connectivity index (χ0n) is 27.7. The summed E-state index contributed by atoms with van der Waals surface area (Å²) in [5, 5.41) is 20.5. The minimum Gasteiger partial charge on any atom is -0.550 e. The fraction of sp³-hybridized carbons (Fsp3) is 0.812. The van der Waals surface area contributed by atoms with Gasteiger partial charge in [-0.25, -0.2) is 9.59 Å². The molecule has 45 heavy (non-hydrogen) atoms. The number of esters is 4. The molecule has 0 unspecified atom stereocenters. The summed E-state index contributed by atoms with van der Waals surface area (Å²) in [6.07, 6.45) is 19.3. The smallest absolute Gasteiger partial charge is 0.550 e. The number of carbonyl (C=O) groups is 6. The fourth-order valence-electron chi connectivity index (χ4n) is 4.16. The number of unbranched alkanes of at least 4 members (excludes halogenated alkanes) is 16. The molecule has 13 heteroatoms. The van der Waals surface area contributed by atoms with Crippen molar-refractivity contribution in [2.24, 2.45) is 11.5 Å². The van der Waals surface area contributed by atoms with Crippen molar-refractivity contribution in [3.05, 3.63) is 0 Å². The molecule has 0 aliphatic heterocycles. The van der Waals surface area contributed by atoms with E-state index in [0.29, 0.717) is 12.8 Å². The van der Waals surface area contributed by atoms with E-state index in [0.717, 1.165) is 38.5 Å². The van der Waals surface area contributed by atoms with Crippen LogP contribution in [0.3, 0.4) is 0 Å². The van der Waals surface area contributed by atoms with E-state index in [-0.39, 0.29) is 32.3 Å². The zero-order valence-corrected chi connectivity index (χ0v) is 30.6. The first-order chi connectivity index (χ1) is 20.9. The number of hydrogen-bond acceptors (Lipinski definition) is 12. The summed E-state index contributed by atoms with van der Waals surface area (Å²) >= 11 is 0. The fourth-order valence-corrected chi connectivity index (χ4v) is 4.16. The molecule has 2 atom stereocenters. The molecule has 0 saturated carbocycles. The summed E-state index contributed by atoms with van der Waals surface area (Å²) in [7, 11) is 0. The molecule has 0 aromatic carbocycles. The predicted octanol–water partition coefficient (Wildman–Crippen LogP) is 2.89. The summed E-state index contributed by atoms with van der Waals surface area (Å²) in [5.74, 6) is -6.22. The summed E-state index contributed by atoms with van der Waals surface area (Å²) in [5.41, 5.74) is 10.5. The molecular formula is C32H56N2O10Zn. The van der Waals surface area contributed by atoms with Gasteiger partial charge >= 0.3 is 43.4 Å². The van der Waals surface area contributed by atoms with Crippen LogP contribution in [0.4, 0.5) is 0 Å². The second kappa shape index (κ2) is 33.1. The standard InChI is InChI=1S/2C16H29NO5.Zn/c2*1-2-3-4-5-6-7-8-9-10-11-15(20)22-16(21)13(17)12-14(18)19;/h2*13H,2-12,17H2,1H3,(H,18,19);/q;;+2/p-2/t2*13-;/m00./s1. The number of hydrogen-bond donors (Lipinski definition) is 2. The Morgan fingerprint density at radius 2 is 0.733 bits per heavy atom. The van der Waals surface area contributed by atoms with Gasteiger partial charge in [0.25, 0.3) is 0 Å². The van der Waals surface area contributed by atoms with Crippen LogP contribution in [0.25, 0.3) is 0 Å². The molecule has 0 amide bonds. The molecule has 0 fully saturated rings. The van der Waals surface area contributed by atoms with Gasteiger partial charge in [-0.2, -0.15) is 0 Å². The van der Waals surface area contributed by atoms with Crippen LogP contribution >= 0.6 is 0 Å². The van der Waals surface area contributed by atoms with E-state index in [1.165, 1.54) is 64.2 Å². The van der Waals surface area contributed by atoms with Gasteiger partial charge in [-0.05, 0) is 12.8 Å². The van der Waals surface area contributed by atoms with Crippen molar-refractivity contribution in [2.75, 3.05) is 0 Å². The third-order valence-electron chi connectivity index (χ3n) is 6.78. The Balaban J connectivity index is -0.000000767. The minimum absolute atomic E-state index is 0. The second-order valence-electron chi connectivity index (χ2n) is 11.1. The monoisotopic (exact) mass is 692 g/mol. The van der Waals surface area contributed by atoms with Crippen molar-refractivity contribution in [3.8, 4) is 0 Å². The maximum atomic E-state index is 11.4. The first kappa shape index (κ1) is 47.2. The molecule has 0 aliphatic carbocycles. The van der Waals surface area contributed by atoms with E-state index in [9.17, 15) is 39.0 Å². The van der Waals surface area contributed by atoms with Gasteiger partial charge in [0.05, 0.1) is 0 Å². The summed E-state index contributed by atoms with van der Waals surface area (Å²) in [6.45, 7) is 4.38. The third kappa shape index (κ3) is 34.5. The number of carboxylic acid groups (broad SMARTS) is 2. The van der Waals surface area contributed by atoms with Gasteiger partial charge < -0.3 is 40.7 Å². The summed E-state index contributed by atoms with van der Waals surface area (Å²) in [4.78, 5) is 65.9. The van der Waals surface area contributed by atoms with Crippen LogP contribution in [0, 0.1) is 0 Å². The van der Waals surface area contributed by atoms with Gasteiger partial charge in [0.1, 0.15) is 12.1 Å². The quantitative estimate of drug-likeness (QED) is 0.0578. The van der Waals surface area contributed by atoms with Crippen LogP contribution in [-0.2, 0) is 57.7 Å². The van der Waals surface area contributed by atoms with E-state index in [1.807, 2.05) is 0 Å². The average Bonchev–Trinajstić information content (AvgIpc) is 2.95. The Bertz CT molecular complexity index is 760. The normalized spacial score (nSPS) is 11.6.